The van der Waals surface area contributed by atoms with Crippen LogP contribution in [-0.4, -0.2) is 37.7 Å². The molecule has 0 unspecified atom stereocenters. The Morgan fingerprint density at radius 3 is 2.94 bits per heavy atom. The van der Waals surface area contributed by atoms with Crippen molar-refractivity contribution in [1.82, 2.24) is 15.6 Å². The summed E-state index contributed by atoms with van der Waals surface area (Å²) in [4.78, 5) is 9.91. The number of nitrogens with one attached hydrogen (secondary N) is 2. The molecule has 0 radical (unpaired) electrons. The summed E-state index contributed by atoms with van der Waals surface area (Å²) in [7, 11) is 1.69. The molecule has 0 bridgehead atoms. The molecule has 0 amide bonds. The third kappa shape index (κ3) is 5.14. The van der Waals surface area contributed by atoms with Gasteiger partial charge in [0.05, 0.1) is 24.4 Å². The lowest BCUT2D eigenvalue weighted by Gasteiger charge is -2.10. The summed E-state index contributed by atoms with van der Waals surface area (Å²) < 4.78 is 4.99. The Morgan fingerprint density at radius 1 is 1.53 bits per heavy atom. The summed E-state index contributed by atoms with van der Waals surface area (Å²) in [5, 5.41) is 6.39. The zero-order valence-electron chi connectivity index (χ0n) is 10.6. The highest BCUT2D eigenvalue weighted by Gasteiger charge is 2.01. The summed E-state index contributed by atoms with van der Waals surface area (Å²) in [5.41, 5.74) is 2.91. The predicted octanol–water partition coefficient (Wildman–Crippen LogP) is 1.15. The molecule has 1 rings (SSSR count). The number of aromatic nitrogens is 1. The van der Waals surface area contributed by atoms with Crippen molar-refractivity contribution in [3.63, 3.8) is 0 Å². The summed E-state index contributed by atoms with van der Waals surface area (Å²) in [6.07, 6.45) is 0. The van der Waals surface area contributed by atoms with Crippen LogP contribution in [0.5, 0.6) is 0 Å². The topological polar surface area (TPSA) is 58.5 Å². The molecule has 0 spiro atoms. The molecule has 0 aromatic carbocycles. The summed E-state index contributed by atoms with van der Waals surface area (Å²) in [6, 6.07) is 0. The van der Waals surface area contributed by atoms with Gasteiger partial charge in [-0.3, -0.25) is 0 Å². The van der Waals surface area contributed by atoms with E-state index in [2.05, 4.69) is 20.6 Å². The van der Waals surface area contributed by atoms with Crippen molar-refractivity contribution in [2.45, 2.75) is 20.4 Å². The molecule has 2 N–H and O–H groups in total. The minimum absolute atomic E-state index is 0.665. The third-order valence-electron chi connectivity index (χ3n) is 2.17. The summed E-state index contributed by atoms with van der Waals surface area (Å²) in [5.74, 6) is 0.817. The Balaban J connectivity index is 2.48. The van der Waals surface area contributed by atoms with Gasteiger partial charge in [-0.2, -0.15) is 0 Å². The first-order valence-electron chi connectivity index (χ1n) is 5.68. The van der Waals surface area contributed by atoms with E-state index in [0.29, 0.717) is 13.2 Å². The third-order valence-corrected chi connectivity index (χ3v) is 3.09. The van der Waals surface area contributed by atoms with Gasteiger partial charge in [0.2, 0.25) is 0 Å². The lowest BCUT2D eigenvalue weighted by molar-refractivity contribution is 0.203. The highest BCUT2D eigenvalue weighted by molar-refractivity contribution is 7.09. The standard InChI is InChI=1S/C11H20N4OS/c1-4-12-11(13-5-6-16-3)14-7-10-9(2)15-8-17-10/h8H,4-7H2,1-3H3,(H2,12,13,14). The molecule has 0 atom stereocenters. The van der Waals surface area contributed by atoms with Crippen LogP contribution < -0.4 is 10.6 Å². The number of aryl methyl sites for hydroxylation is 1. The highest BCUT2D eigenvalue weighted by Crippen LogP contribution is 2.12. The number of hydrogen-bond acceptors (Lipinski definition) is 4. The van der Waals surface area contributed by atoms with E-state index < -0.39 is 0 Å². The van der Waals surface area contributed by atoms with Crippen LogP contribution in [0.4, 0.5) is 0 Å². The molecule has 0 aliphatic rings. The Kier molecular flexibility index (Phi) is 6.57. The fourth-order valence-corrected chi connectivity index (χ4v) is 1.94. The number of rotatable bonds is 6. The zero-order valence-corrected chi connectivity index (χ0v) is 11.4. The highest BCUT2D eigenvalue weighted by atomic mass is 32.1. The van der Waals surface area contributed by atoms with Gasteiger partial charge in [0.15, 0.2) is 5.96 Å². The molecular formula is C11H20N4OS. The van der Waals surface area contributed by atoms with Crippen LogP contribution in [0.3, 0.4) is 0 Å². The lowest BCUT2D eigenvalue weighted by Crippen LogP contribution is -2.38. The number of hydrogen-bond donors (Lipinski definition) is 2. The number of aliphatic imine (C=N–C) groups is 1. The molecule has 17 heavy (non-hydrogen) atoms. The van der Waals surface area contributed by atoms with E-state index in [1.807, 2.05) is 19.4 Å². The molecule has 0 aliphatic carbocycles. The molecule has 6 heteroatoms. The van der Waals surface area contributed by atoms with Crippen LogP contribution in [0.2, 0.25) is 0 Å². The molecule has 0 saturated carbocycles. The quantitative estimate of drug-likeness (QED) is 0.455. The van der Waals surface area contributed by atoms with Gasteiger partial charge in [0, 0.05) is 25.1 Å². The van der Waals surface area contributed by atoms with Crippen molar-refractivity contribution in [2.24, 2.45) is 4.99 Å². The largest absolute Gasteiger partial charge is 0.383 e. The fourth-order valence-electron chi connectivity index (χ4n) is 1.24. The van der Waals surface area contributed by atoms with Gasteiger partial charge in [-0.15, -0.1) is 11.3 Å². The van der Waals surface area contributed by atoms with Crippen LogP contribution >= 0.6 is 11.3 Å². The average Bonchev–Trinajstić information content (AvgIpc) is 2.72. The van der Waals surface area contributed by atoms with E-state index in [4.69, 9.17) is 4.74 Å². The number of guanidine groups is 1. The maximum absolute atomic E-state index is 4.99. The first kappa shape index (κ1) is 13.9. The number of methoxy groups -OCH3 is 1. The second-order valence-electron chi connectivity index (χ2n) is 3.48. The van der Waals surface area contributed by atoms with Gasteiger partial charge in [-0.25, -0.2) is 9.98 Å². The minimum atomic E-state index is 0.665. The zero-order chi connectivity index (χ0) is 12.5. The fraction of sp³-hybridized carbons (Fsp3) is 0.636. The molecule has 0 saturated heterocycles. The van der Waals surface area contributed by atoms with Crippen LogP contribution in [0.15, 0.2) is 10.5 Å². The average molecular weight is 256 g/mol. The maximum atomic E-state index is 4.99. The van der Waals surface area contributed by atoms with E-state index in [0.717, 1.165) is 24.7 Å². The van der Waals surface area contributed by atoms with Crippen LogP contribution in [-0.2, 0) is 11.3 Å². The van der Waals surface area contributed by atoms with Crippen LogP contribution in [0.1, 0.15) is 17.5 Å². The van der Waals surface area contributed by atoms with Crippen molar-refractivity contribution in [2.75, 3.05) is 26.8 Å². The lowest BCUT2D eigenvalue weighted by atomic mass is 10.4. The first-order chi connectivity index (χ1) is 8.27. The van der Waals surface area contributed by atoms with E-state index in [-0.39, 0.29) is 0 Å². The smallest absolute Gasteiger partial charge is 0.191 e. The Labute approximate surface area is 106 Å². The van der Waals surface area contributed by atoms with E-state index in [9.17, 15) is 0 Å². The Hall–Kier alpha value is -1.14. The molecule has 0 aliphatic heterocycles. The van der Waals surface area contributed by atoms with Crippen molar-refractivity contribution in [3.8, 4) is 0 Å². The Morgan fingerprint density at radius 2 is 2.35 bits per heavy atom. The van der Waals surface area contributed by atoms with E-state index >= 15 is 0 Å². The first-order valence-corrected chi connectivity index (χ1v) is 6.56. The monoisotopic (exact) mass is 256 g/mol. The van der Waals surface area contributed by atoms with Gasteiger partial charge in [0.1, 0.15) is 0 Å². The van der Waals surface area contributed by atoms with Gasteiger partial charge < -0.3 is 15.4 Å². The van der Waals surface area contributed by atoms with Crippen molar-refractivity contribution >= 4 is 17.3 Å². The van der Waals surface area contributed by atoms with Gasteiger partial charge in [-0.05, 0) is 13.8 Å². The minimum Gasteiger partial charge on any atom is -0.383 e. The number of nitrogens with zero attached hydrogens (tertiary/aromatic N) is 2. The molecule has 1 aromatic heterocycles. The summed E-state index contributed by atoms with van der Waals surface area (Å²) in [6.45, 7) is 6.99. The maximum Gasteiger partial charge on any atom is 0.191 e. The number of thiazole rings is 1. The van der Waals surface area contributed by atoms with Crippen molar-refractivity contribution in [3.05, 3.63) is 16.1 Å². The van der Waals surface area contributed by atoms with E-state index in [1.54, 1.807) is 18.4 Å². The van der Waals surface area contributed by atoms with Crippen molar-refractivity contribution < 1.29 is 4.74 Å². The second kappa shape index (κ2) is 8.03. The van der Waals surface area contributed by atoms with Gasteiger partial charge >= 0.3 is 0 Å². The van der Waals surface area contributed by atoms with Crippen LogP contribution in [0, 0.1) is 6.92 Å². The molecule has 1 heterocycles. The molecule has 0 fully saturated rings. The van der Waals surface area contributed by atoms with Crippen LogP contribution in [0.25, 0.3) is 0 Å². The molecular weight excluding hydrogens is 236 g/mol. The second-order valence-corrected chi connectivity index (χ2v) is 4.42. The normalized spacial score (nSPS) is 11.6. The molecule has 5 nitrogen and oxygen atoms in total. The SMILES string of the molecule is CCNC(=NCc1scnc1C)NCCOC. The van der Waals surface area contributed by atoms with Gasteiger partial charge in [0.25, 0.3) is 0 Å². The van der Waals surface area contributed by atoms with E-state index in [1.165, 1.54) is 4.88 Å². The predicted molar refractivity (Wildman–Crippen MR) is 71.5 cm³/mol. The van der Waals surface area contributed by atoms with Crippen molar-refractivity contribution in [1.29, 1.82) is 0 Å². The number of ether oxygens (including phenoxy) is 1. The molecule has 96 valence electrons. The molecule has 1 aromatic rings. The Bertz CT molecular complexity index is 351. The van der Waals surface area contributed by atoms with Gasteiger partial charge in [-0.1, -0.05) is 0 Å². The summed E-state index contributed by atoms with van der Waals surface area (Å²) >= 11 is 1.64.